The third kappa shape index (κ3) is 5.21. The highest BCUT2D eigenvalue weighted by Crippen LogP contribution is 2.19. The summed E-state index contributed by atoms with van der Waals surface area (Å²) in [4.78, 5) is 16.6. The monoisotopic (exact) mass is 381 g/mol. The first-order valence-corrected chi connectivity index (χ1v) is 8.92. The quantitative estimate of drug-likeness (QED) is 0.634. The number of benzene rings is 2. The molecule has 138 valence electrons. The first-order valence-electron chi connectivity index (χ1n) is 8.54. The molecule has 1 heterocycles. The van der Waals surface area contributed by atoms with Crippen molar-refractivity contribution in [2.24, 2.45) is 0 Å². The molecule has 0 aliphatic carbocycles. The molecule has 1 amide bonds. The van der Waals surface area contributed by atoms with Gasteiger partial charge in [0.2, 0.25) is 0 Å². The highest BCUT2D eigenvalue weighted by molar-refractivity contribution is 6.30. The number of carbonyl (C=O) groups excluding carboxylic acids is 1. The summed E-state index contributed by atoms with van der Waals surface area (Å²) >= 11 is 5.97. The van der Waals surface area contributed by atoms with Gasteiger partial charge < -0.3 is 15.4 Å². The Morgan fingerprint density at radius 3 is 2.70 bits per heavy atom. The molecular formula is C21H20ClN3O2. The Hall–Kier alpha value is -3.05. The van der Waals surface area contributed by atoms with E-state index in [4.69, 9.17) is 16.3 Å². The molecule has 27 heavy (non-hydrogen) atoms. The van der Waals surface area contributed by atoms with Crippen molar-refractivity contribution >= 4 is 29.0 Å². The average molecular weight is 382 g/mol. The number of ether oxygens (including phenoxy) is 1. The van der Waals surface area contributed by atoms with Crippen LogP contribution in [0, 0.1) is 0 Å². The Morgan fingerprint density at radius 2 is 1.96 bits per heavy atom. The minimum atomic E-state index is -0.160. The average Bonchev–Trinajstić information content (AvgIpc) is 2.69. The molecule has 3 rings (SSSR count). The van der Waals surface area contributed by atoms with Gasteiger partial charge in [-0.05, 0) is 48.4 Å². The molecule has 2 N–H and O–H groups in total. The molecule has 0 radical (unpaired) electrons. The van der Waals surface area contributed by atoms with Gasteiger partial charge in [0, 0.05) is 23.5 Å². The lowest BCUT2D eigenvalue weighted by molar-refractivity contribution is 0.0953. The number of pyridine rings is 1. The van der Waals surface area contributed by atoms with Crippen LogP contribution in [0.1, 0.15) is 15.9 Å². The van der Waals surface area contributed by atoms with E-state index in [1.165, 1.54) is 0 Å². The van der Waals surface area contributed by atoms with Crippen molar-refractivity contribution in [1.29, 1.82) is 0 Å². The molecule has 1 aromatic heterocycles. The van der Waals surface area contributed by atoms with Gasteiger partial charge in [0.15, 0.2) is 0 Å². The van der Waals surface area contributed by atoms with Gasteiger partial charge in [-0.2, -0.15) is 0 Å². The fourth-order valence-corrected chi connectivity index (χ4v) is 2.83. The predicted molar refractivity (Wildman–Crippen MR) is 108 cm³/mol. The fourth-order valence-electron chi connectivity index (χ4n) is 2.64. The van der Waals surface area contributed by atoms with E-state index in [0.29, 0.717) is 29.4 Å². The van der Waals surface area contributed by atoms with Crippen LogP contribution in [0.3, 0.4) is 0 Å². The largest absolute Gasteiger partial charge is 0.496 e. The van der Waals surface area contributed by atoms with E-state index in [0.717, 1.165) is 17.0 Å². The number of amides is 1. The zero-order valence-corrected chi connectivity index (χ0v) is 15.7. The Morgan fingerprint density at radius 1 is 1.11 bits per heavy atom. The summed E-state index contributed by atoms with van der Waals surface area (Å²) in [6.45, 7) is 0.516. The molecule has 0 aliphatic rings. The molecule has 2 aromatic carbocycles. The Bertz CT molecular complexity index is 913. The molecule has 0 bridgehead atoms. The van der Waals surface area contributed by atoms with Gasteiger partial charge >= 0.3 is 0 Å². The number of nitrogens with one attached hydrogen (secondary N) is 2. The zero-order chi connectivity index (χ0) is 19.1. The normalized spacial score (nSPS) is 10.3. The number of halogens is 1. The van der Waals surface area contributed by atoms with Gasteiger partial charge in [-0.25, -0.2) is 4.98 Å². The Balaban J connectivity index is 1.54. The van der Waals surface area contributed by atoms with Gasteiger partial charge in [0.25, 0.3) is 5.91 Å². The van der Waals surface area contributed by atoms with Crippen molar-refractivity contribution in [2.45, 2.75) is 6.42 Å². The molecule has 0 saturated carbocycles. The number of nitrogens with zero attached hydrogens (tertiary/aromatic N) is 1. The number of para-hydroxylation sites is 1. The maximum atomic E-state index is 12.3. The first kappa shape index (κ1) is 18.7. The second-order valence-corrected chi connectivity index (χ2v) is 6.32. The van der Waals surface area contributed by atoms with E-state index >= 15 is 0 Å². The summed E-state index contributed by atoms with van der Waals surface area (Å²) in [5.74, 6) is 1.31. The van der Waals surface area contributed by atoms with E-state index in [1.54, 1.807) is 31.5 Å². The molecule has 0 aliphatic heterocycles. The van der Waals surface area contributed by atoms with E-state index in [9.17, 15) is 4.79 Å². The number of anilines is 2. The first-order chi connectivity index (χ1) is 13.2. The molecule has 0 saturated heterocycles. The molecule has 0 unspecified atom stereocenters. The van der Waals surface area contributed by atoms with Crippen molar-refractivity contribution in [1.82, 2.24) is 10.3 Å². The van der Waals surface area contributed by atoms with Gasteiger partial charge in [-0.1, -0.05) is 35.9 Å². The number of methoxy groups -OCH3 is 1. The van der Waals surface area contributed by atoms with Crippen LogP contribution >= 0.6 is 11.6 Å². The van der Waals surface area contributed by atoms with Crippen molar-refractivity contribution in [3.05, 3.63) is 83.0 Å². The van der Waals surface area contributed by atoms with Gasteiger partial charge in [0.1, 0.15) is 11.6 Å². The van der Waals surface area contributed by atoms with Gasteiger partial charge in [-0.15, -0.1) is 0 Å². The smallest absolute Gasteiger partial charge is 0.252 e. The van der Waals surface area contributed by atoms with Crippen molar-refractivity contribution in [3.8, 4) is 5.75 Å². The Kier molecular flexibility index (Phi) is 6.28. The summed E-state index contributed by atoms with van der Waals surface area (Å²) in [5.41, 5.74) is 2.40. The van der Waals surface area contributed by atoms with E-state index < -0.39 is 0 Å². The number of hydrogen-bond donors (Lipinski definition) is 2. The maximum Gasteiger partial charge on any atom is 0.252 e. The van der Waals surface area contributed by atoms with Crippen LogP contribution in [0.15, 0.2) is 66.9 Å². The Labute approximate surface area is 163 Å². The molecular weight excluding hydrogens is 362 g/mol. The predicted octanol–water partition coefficient (Wildman–Crippen LogP) is 4.46. The number of rotatable bonds is 7. The topological polar surface area (TPSA) is 63.2 Å². The van der Waals surface area contributed by atoms with Crippen LogP contribution in [0.5, 0.6) is 5.75 Å². The second kappa shape index (κ2) is 9.05. The van der Waals surface area contributed by atoms with Crippen LogP contribution < -0.4 is 15.4 Å². The zero-order valence-electron chi connectivity index (χ0n) is 14.9. The van der Waals surface area contributed by atoms with Crippen LogP contribution in [-0.2, 0) is 6.42 Å². The maximum absolute atomic E-state index is 12.3. The minimum absolute atomic E-state index is 0.160. The van der Waals surface area contributed by atoms with Crippen LogP contribution in [0.4, 0.5) is 11.5 Å². The van der Waals surface area contributed by atoms with Crippen molar-refractivity contribution in [3.63, 3.8) is 0 Å². The molecule has 6 heteroatoms. The van der Waals surface area contributed by atoms with Crippen molar-refractivity contribution in [2.75, 3.05) is 19.0 Å². The number of hydrogen-bond acceptors (Lipinski definition) is 4. The van der Waals surface area contributed by atoms with E-state index in [-0.39, 0.29) is 5.91 Å². The summed E-state index contributed by atoms with van der Waals surface area (Å²) in [6, 6.07) is 18.6. The molecule has 0 spiro atoms. The fraction of sp³-hybridized carbons (Fsp3) is 0.143. The highest BCUT2D eigenvalue weighted by atomic mass is 35.5. The molecule has 0 atom stereocenters. The summed E-state index contributed by atoms with van der Waals surface area (Å²) in [6.07, 6.45) is 2.24. The molecule has 3 aromatic rings. The summed E-state index contributed by atoms with van der Waals surface area (Å²) < 4.78 is 5.32. The standard InChI is InChI=1S/C21H20ClN3O2/c1-27-19-8-3-2-5-15(19)11-12-23-21(26)16-9-10-20(24-14-16)25-18-7-4-6-17(22)13-18/h2-10,13-14H,11-12H2,1H3,(H,23,26)(H,24,25). The third-order valence-electron chi connectivity index (χ3n) is 4.00. The van der Waals surface area contributed by atoms with Crippen LogP contribution in [0.25, 0.3) is 0 Å². The van der Waals surface area contributed by atoms with E-state index in [1.807, 2.05) is 42.5 Å². The SMILES string of the molecule is COc1ccccc1CCNC(=O)c1ccc(Nc2cccc(Cl)c2)nc1. The lowest BCUT2D eigenvalue weighted by Crippen LogP contribution is -2.25. The lowest BCUT2D eigenvalue weighted by Gasteiger charge is -2.10. The molecule has 5 nitrogen and oxygen atoms in total. The summed E-state index contributed by atoms with van der Waals surface area (Å²) in [7, 11) is 1.64. The lowest BCUT2D eigenvalue weighted by atomic mass is 10.1. The van der Waals surface area contributed by atoms with Crippen molar-refractivity contribution < 1.29 is 9.53 Å². The number of carbonyl (C=O) groups is 1. The van der Waals surface area contributed by atoms with Crippen LogP contribution in [-0.4, -0.2) is 24.5 Å². The van der Waals surface area contributed by atoms with Gasteiger partial charge in [-0.3, -0.25) is 4.79 Å². The molecule has 0 fully saturated rings. The van der Waals surface area contributed by atoms with Crippen LogP contribution in [0.2, 0.25) is 5.02 Å². The highest BCUT2D eigenvalue weighted by Gasteiger charge is 2.07. The van der Waals surface area contributed by atoms with Gasteiger partial charge in [0.05, 0.1) is 12.7 Å². The second-order valence-electron chi connectivity index (χ2n) is 5.89. The third-order valence-corrected chi connectivity index (χ3v) is 4.23. The summed E-state index contributed by atoms with van der Waals surface area (Å²) in [5, 5.41) is 6.69. The minimum Gasteiger partial charge on any atom is -0.496 e. The number of aromatic nitrogens is 1. The van der Waals surface area contributed by atoms with E-state index in [2.05, 4.69) is 15.6 Å².